The van der Waals surface area contributed by atoms with Crippen molar-refractivity contribution in [3.8, 4) is 0 Å². The van der Waals surface area contributed by atoms with E-state index in [1.807, 2.05) is 0 Å². The number of carboxylic acids is 1. The van der Waals surface area contributed by atoms with Gasteiger partial charge in [-0.05, 0) is 0 Å². The molecule has 0 aromatic carbocycles. The summed E-state index contributed by atoms with van der Waals surface area (Å²) in [5.41, 5.74) is 0. The predicted molar refractivity (Wildman–Crippen MR) is 78.6 cm³/mol. The zero-order valence-electron chi connectivity index (χ0n) is 9.16. The van der Waals surface area contributed by atoms with E-state index in [-0.39, 0.29) is 130 Å². The molecule has 0 aliphatic heterocycles. The average Bonchev–Trinajstić information content (AvgIpc) is 2.22. The topological polar surface area (TPSA) is 216 Å². The molecule has 0 rings (SSSR count). The molecule has 0 saturated carbocycles. The number of aliphatic hydroxyl groups is 5. The Kier molecular flexibility index (Phi) is 38.5. The summed E-state index contributed by atoms with van der Waals surface area (Å²) in [7, 11) is -4.64. The van der Waals surface area contributed by atoms with Crippen LogP contribution in [0.4, 0.5) is 0 Å². The van der Waals surface area contributed by atoms with Crippen LogP contribution in [-0.4, -0.2) is 196 Å². The van der Waals surface area contributed by atoms with Crippen molar-refractivity contribution in [1.29, 1.82) is 0 Å². The maximum Gasteiger partial charge on any atom is 0 e. The van der Waals surface area contributed by atoms with E-state index in [4.69, 9.17) is 49.9 Å². The van der Waals surface area contributed by atoms with Crippen LogP contribution in [0.3, 0.4) is 0 Å². The second-order valence-electron chi connectivity index (χ2n) is 3.03. The van der Waals surface area contributed by atoms with Gasteiger partial charge in [-0.15, -0.1) is 0 Å². The fourth-order valence-electron chi connectivity index (χ4n) is 0.668. The number of aliphatic hydroxyl groups excluding tert-OH is 5. The summed E-state index contributed by atoms with van der Waals surface area (Å²) in [5, 5.41) is 51.8. The third-order valence-electron chi connectivity index (χ3n) is 1.51. The molecule has 0 radical (unpaired) electrons. The number of hydrogen-bond donors (Lipinski definition) is 9. The molecule has 0 aromatic rings. The fourth-order valence-corrected chi connectivity index (χ4v) is 0.668. The van der Waals surface area contributed by atoms with Gasteiger partial charge in [0.1, 0.15) is 18.3 Å². The zero-order chi connectivity index (χ0) is 15.1. The normalized spacial score (nSPS) is 14.7. The van der Waals surface area contributed by atoms with Crippen LogP contribution in [0.5, 0.6) is 0 Å². The Balaban J connectivity index is -0.0000000627. The molecule has 0 fully saturated rings. The van der Waals surface area contributed by atoms with Crippen molar-refractivity contribution in [1.82, 2.24) is 0 Å². The number of phosphoric acid groups is 1. The Hall–Kier alpha value is 3.68. The van der Waals surface area contributed by atoms with Gasteiger partial charge in [0.25, 0.3) is 0 Å². The van der Waals surface area contributed by atoms with Gasteiger partial charge in [0.05, 0.1) is 6.61 Å². The molecule has 0 aliphatic carbocycles. The molecule has 130 valence electrons. The summed E-state index contributed by atoms with van der Waals surface area (Å²) >= 11 is 0. The van der Waals surface area contributed by atoms with E-state index in [1.54, 1.807) is 0 Å². The van der Waals surface area contributed by atoms with E-state index in [2.05, 4.69) is 0 Å². The minimum atomic E-state index is -4.64. The summed E-state index contributed by atoms with van der Waals surface area (Å²) < 4.78 is 8.88. The summed E-state index contributed by atoms with van der Waals surface area (Å²) in [6.45, 7) is -0.843. The first-order valence-electron chi connectivity index (χ1n) is 4.26. The minimum Gasteiger partial charge on any atom is 0 e. The molecule has 0 spiro atoms. The first kappa shape index (κ1) is 40.4. The SMILES string of the molecule is O=C(O)[C@H](O)[C@@H](O)[C@H](O)[C@H](O)CO.O=P(O)(O)O.[CaH2].[CaH2].[CaH2].[Fe]. The first-order chi connectivity index (χ1) is 7.91. The van der Waals surface area contributed by atoms with Crippen molar-refractivity contribution >= 4 is 127 Å². The second kappa shape index (κ2) is 21.0. The van der Waals surface area contributed by atoms with Crippen molar-refractivity contribution in [2.75, 3.05) is 6.61 Å². The largest absolute Gasteiger partial charge is 0 e. The maximum atomic E-state index is 10.1. The predicted octanol–water partition coefficient (Wildman–Crippen LogP) is -7.17. The first-order valence-corrected chi connectivity index (χ1v) is 5.82. The van der Waals surface area contributed by atoms with Crippen LogP contribution in [-0.2, 0) is 26.4 Å². The number of carboxylic acid groups (broad SMARTS) is 1. The fraction of sp³-hybridized carbons (Fsp3) is 0.833. The van der Waals surface area contributed by atoms with Crippen molar-refractivity contribution < 1.29 is 71.7 Å². The molecule has 0 amide bonds. The van der Waals surface area contributed by atoms with Crippen LogP contribution in [0.2, 0.25) is 0 Å². The molecule has 0 bridgehead atoms. The van der Waals surface area contributed by atoms with E-state index >= 15 is 0 Å². The molecular formula is C6H21Ca3FeO11P. The van der Waals surface area contributed by atoms with Gasteiger partial charge in [0.15, 0.2) is 6.10 Å². The smallest absolute Gasteiger partial charge is 0 e. The molecule has 0 heterocycles. The standard InChI is InChI=1S/C6H12O7.3Ca.Fe.H3O4P.6H/c7-1-2(8)3(9)4(10)5(11)6(12)13;;;;;1-5(2,3)4;;;;;;/h2-5,7-11H,1H2,(H,12,13);;;;;(H3,1,2,3,4);;;;;;/t2-,3-,4+,5-;;;;;;;;;;;/m1.........../s1. The van der Waals surface area contributed by atoms with Crippen LogP contribution >= 0.6 is 7.82 Å². The van der Waals surface area contributed by atoms with E-state index in [1.165, 1.54) is 0 Å². The van der Waals surface area contributed by atoms with E-state index in [0.717, 1.165) is 0 Å². The summed E-state index contributed by atoms with van der Waals surface area (Å²) in [5.74, 6) is -1.73. The Morgan fingerprint density at radius 2 is 1.18 bits per heavy atom. The van der Waals surface area contributed by atoms with E-state index in [9.17, 15) is 4.79 Å². The molecule has 16 heteroatoms. The molecule has 0 aliphatic rings. The Morgan fingerprint density at radius 1 is 0.909 bits per heavy atom. The second-order valence-corrected chi connectivity index (χ2v) is 4.05. The quantitative estimate of drug-likeness (QED) is 0.134. The van der Waals surface area contributed by atoms with Gasteiger partial charge in [0.2, 0.25) is 0 Å². The van der Waals surface area contributed by atoms with Gasteiger partial charge in [-0.1, -0.05) is 0 Å². The van der Waals surface area contributed by atoms with Gasteiger partial charge in [-0.25, -0.2) is 9.36 Å². The summed E-state index contributed by atoms with van der Waals surface area (Å²) in [6, 6.07) is 0. The monoisotopic (exact) mass is 476 g/mol. The van der Waals surface area contributed by atoms with Crippen LogP contribution in [0.1, 0.15) is 0 Å². The molecule has 11 nitrogen and oxygen atoms in total. The molecule has 0 aromatic heterocycles. The number of carbonyl (C=O) groups is 1. The third-order valence-corrected chi connectivity index (χ3v) is 1.51. The third kappa shape index (κ3) is 25.9. The summed E-state index contributed by atoms with van der Waals surface area (Å²) in [4.78, 5) is 31.7. The van der Waals surface area contributed by atoms with Crippen LogP contribution in [0.15, 0.2) is 0 Å². The van der Waals surface area contributed by atoms with E-state index < -0.39 is 44.8 Å². The van der Waals surface area contributed by atoms with Gasteiger partial charge in [-0.2, -0.15) is 0 Å². The zero-order valence-corrected chi connectivity index (χ0v) is 11.2. The number of hydrogen-bond acceptors (Lipinski definition) is 7. The van der Waals surface area contributed by atoms with Crippen molar-refractivity contribution in [3.05, 3.63) is 0 Å². The van der Waals surface area contributed by atoms with Crippen LogP contribution < -0.4 is 0 Å². The molecule has 0 unspecified atom stereocenters. The number of aliphatic carboxylic acids is 1. The van der Waals surface area contributed by atoms with Gasteiger partial charge in [0, 0.05) is 17.1 Å². The molecule has 4 atom stereocenters. The van der Waals surface area contributed by atoms with Gasteiger partial charge >= 0.3 is 127 Å². The Labute approximate surface area is 225 Å². The average molecular weight is 476 g/mol. The summed E-state index contributed by atoms with van der Waals surface area (Å²) in [6.07, 6.45) is -7.84. The maximum absolute atomic E-state index is 10.1. The molecule has 0 saturated heterocycles. The van der Waals surface area contributed by atoms with E-state index in [0.29, 0.717) is 0 Å². The molecule has 22 heavy (non-hydrogen) atoms. The van der Waals surface area contributed by atoms with Gasteiger partial charge < -0.3 is 45.3 Å². The van der Waals surface area contributed by atoms with Crippen molar-refractivity contribution in [2.24, 2.45) is 0 Å². The van der Waals surface area contributed by atoms with Crippen LogP contribution in [0.25, 0.3) is 0 Å². The number of rotatable bonds is 5. The Morgan fingerprint density at radius 3 is 1.36 bits per heavy atom. The Bertz CT molecular complexity index is 297. The molecular weight excluding hydrogens is 455 g/mol. The van der Waals surface area contributed by atoms with Crippen molar-refractivity contribution in [3.63, 3.8) is 0 Å². The minimum absolute atomic E-state index is 0. The van der Waals surface area contributed by atoms with Crippen LogP contribution in [0, 0.1) is 0 Å². The van der Waals surface area contributed by atoms with Crippen molar-refractivity contribution in [2.45, 2.75) is 24.4 Å². The van der Waals surface area contributed by atoms with Gasteiger partial charge in [-0.3, -0.25) is 0 Å². The molecule has 9 N–H and O–H groups in total.